The summed E-state index contributed by atoms with van der Waals surface area (Å²) in [7, 11) is 0. The second kappa shape index (κ2) is 7.00. The molecule has 1 aliphatic heterocycles. The molecule has 0 radical (unpaired) electrons. The summed E-state index contributed by atoms with van der Waals surface area (Å²) >= 11 is 0. The Morgan fingerprint density at radius 1 is 1.35 bits per heavy atom. The molecule has 0 spiro atoms. The Balaban J connectivity index is 1.99. The predicted octanol–water partition coefficient (Wildman–Crippen LogP) is -0.138. The number of likely N-dealkylation sites (N-methyl/N-ethyl adjacent to an activating group) is 1. The van der Waals surface area contributed by atoms with E-state index in [4.69, 9.17) is 0 Å². The summed E-state index contributed by atoms with van der Waals surface area (Å²) < 4.78 is 0. The smallest absolute Gasteiger partial charge is 0.312 e. The van der Waals surface area contributed by atoms with Crippen LogP contribution in [0, 0.1) is 0 Å². The molecule has 6 nitrogen and oxygen atoms in total. The van der Waals surface area contributed by atoms with Crippen LogP contribution in [0.3, 0.4) is 0 Å². The first kappa shape index (κ1) is 14.5. The molecule has 1 saturated heterocycles. The van der Waals surface area contributed by atoms with Crippen molar-refractivity contribution in [2.45, 2.75) is 13.5 Å². The molecule has 0 unspecified atom stereocenters. The highest BCUT2D eigenvalue weighted by Crippen LogP contribution is 2.04. The lowest BCUT2D eigenvalue weighted by molar-refractivity contribution is -0.152. The molecule has 108 valence electrons. The Hall–Kier alpha value is -1.95. The fraction of sp³-hybridized carbons (Fsp3) is 0.500. The number of pyridine rings is 1. The molecule has 2 heterocycles. The van der Waals surface area contributed by atoms with Gasteiger partial charge in [0.05, 0.1) is 12.2 Å². The Bertz CT molecular complexity index is 458. The average Bonchev–Trinajstić information content (AvgIpc) is 2.53. The molecule has 0 bridgehead atoms. The largest absolute Gasteiger partial charge is 0.332 e. The summed E-state index contributed by atoms with van der Waals surface area (Å²) in [6.07, 6.45) is 1.69. The molecule has 2 rings (SSSR count). The van der Waals surface area contributed by atoms with Crippen molar-refractivity contribution in [2.24, 2.45) is 0 Å². The number of amides is 2. The van der Waals surface area contributed by atoms with Crippen molar-refractivity contribution in [1.29, 1.82) is 0 Å². The van der Waals surface area contributed by atoms with Crippen molar-refractivity contribution >= 4 is 11.8 Å². The minimum absolute atomic E-state index is 0.369. The number of hydrogen-bond donors (Lipinski definition) is 1. The molecule has 1 aromatic heterocycles. The van der Waals surface area contributed by atoms with Crippen molar-refractivity contribution in [1.82, 2.24) is 20.1 Å². The van der Waals surface area contributed by atoms with E-state index >= 15 is 0 Å². The molecule has 6 heteroatoms. The summed E-state index contributed by atoms with van der Waals surface area (Å²) in [6.45, 7) is 5.39. The number of hydrogen-bond acceptors (Lipinski definition) is 4. The van der Waals surface area contributed by atoms with Gasteiger partial charge in [0.15, 0.2) is 0 Å². The maximum absolute atomic E-state index is 12.3. The lowest BCUT2D eigenvalue weighted by atomic mass is 10.3. The van der Waals surface area contributed by atoms with Gasteiger partial charge in [-0.2, -0.15) is 0 Å². The van der Waals surface area contributed by atoms with E-state index in [9.17, 15) is 9.59 Å². The minimum Gasteiger partial charge on any atom is -0.332 e. The third-order valence-corrected chi connectivity index (χ3v) is 3.34. The highest BCUT2D eigenvalue weighted by Gasteiger charge is 2.27. The van der Waals surface area contributed by atoms with Crippen LogP contribution in [0.25, 0.3) is 0 Å². The van der Waals surface area contributed by atoms with E-state index in [-0.39, 0.29) is 0 Å². The second-order valence-corrected chi connectivity index (χ2v) is 4.68. The van der Waals surface area contributed by atoms with Gasteiger partial charge in [-0.15, -0.1) is 0 Å². The third kappa shape index (κ3) is 3.54. The van der Waals surface area contributed by atoms with Crippen LogP contribution in [-0.4, -0.2) is 59.3 Å². The monoisotopic (exact) mass is 276 g/mol. The summed E-state index contributed by atoms with van der Waals surface area (Å²) in [5, 5.41) is 3.16. The highest BCUT2D eigenvalue weighted by atomic mass is 16.2. The number of rotatable bonds is 3. The van der Waals surface area contributed by atoms with Gasteiger partial charge in [0.25, 0.3) is 0 Å². The average molecular weight is 276 g/mol. The maximum Gasteiger partial charge on any atom is 0.312 e. The molecular weight excluding hydrogens is 256 g/mol. The SMILES string of the molecule is CCN(Cc1ccccn1)C(=O)C(=O)N1CCNCC1. The highest BCUT2D eigenvalue weighted by molar-refractivity contribution is 6.34. The van der Waals surface area contributed by atoms with Crippen molar-refractivity contribution in [3.8, 4) is 0 Å². The van der Waals surface area contributed by atoms with E-state index in [1.807, 2.05) is 25.1 Å². The molecule has 0 atom stereocenters. The number of nitrogens with one attached hydrogen (secondary N) is 1. The second-order valence-electron chi connectivity index (χ2n) is 4.68. The van der Waals surface area contributed by atoms with Crippen molar-refractivity contribution < 1.29 is 9.59 Å². The Labute approximate surface area is 118 Å². The zero-order valence-corrected chi connectivity index (χ0v) is 11.7. The van der Waals surface area contributed by atoms with Gasteiger partial charge in [0.1, 0.15) is 0 Å². The Morgan fingerprint density at radius 3 is 2.70 bits per heavy atom. The van der Waals surface area contributed by atoms with Gasteiger partial charge in [-0.3, -0.25) is 14.6 Å². The number of carbonyl (C=O) groups excluding carboxylic acids is 2. The van der Waals surface area contributed by atoms with E-state index in [1.165, 1.54) is 4.90 Å². The zero-order valence-electron chi connectivity index (χ0n) is 11.7. The molecule has 20 heavy (non-hydrogen) atoms. The van der Waals surface area contributed by atoms with Crippen LogP contribution >= 0.6 is 0 Å². The zero-order chi connectivity index (χ0) is 14.4. The fourth-order valence-electron chi connectivity index (χ4n) is 2.15. The van der Waals surface area contributed by atoms with Gasteiger partial charge in [-0.05, 0) is 19.1 Å². The van der Waals surface area contributed by atoms with Gasteiger partial charge >= 0.3 is 11.8 Å². The number of carbonyl (C=O) groups is 2. The standard InChI is InChI=1S/C14H20N4O2/c1-2-17(11-12-5-3-4-6-16-12)13(19)14(20)18-9-7-15-8-10-18/h3-6,15H,2,7-11H2,1H3. The summed E-state index contributed by atoms with van der Waals surface area (Å²) in [4.78, 5) is 31.8. The van der Waals surface area contributed by atoms with Crippen molar-refractivity contribution in [3.05, 3.63) is 30.1 Å². The molecule has 1 fully saturated rings. The predicted molar refractivity (Wildman–Crippen MR) is 74.8 cm³/mol. The Morgan fingerprint density at radius 2 is 2.10 bits per heavy atom. The van der Waals surface area contributed by atoms with Crippen LogP contribution in [0.5, 0.6) is 0 Å². The lowest BCUT2D eigenvalue weighted by Gasteiger charge is -2.29. The van der Waals surface area contributed by atoms with E-state index in [2.05, 4.69) is 10.3 Å². The third-order valence-electron chi connectivity index (χ3n) is 3.34. The number of nitrogens with zero attached hydrogens (tertiary/aromatic N) is 3. The molecule has 0 aromatic carbocycles. The Kier molecular flexibility index (Phi) is 5.06. The quantitative estimate of drug-likeness (QED) is 0.781. The molecular formula is C14H20N4O2. The first-order valence-corrected chi connectivity index (χ1v) is 6.91. The number of aromatic nitrogens is 1. The van der Waals surface area contributed by atoms with Crippen LogP contribution < -0.4 is 5.32 Å². The first-order valence-electron chi connectivity index (χ1n) is 6.91. The minimum atomic E-state index is -0.444. The van der Waals surface area contributed by atoms with Crippen LogP contribution in [0.1, 0.15) is 12.6 Å². The van der Waals surface area contributed by atoms with Crippen LogP contribution in [0.15, 0.2) is 24.4 Å². The molecule has 1 aromatic rings. The molecule has 0 saturated carbocycles. The topological polar surface area (TPSA) is 65.5 Å². The molecule has 2 amide bonds. The molecule has 0 aliphatic carbocycles. The molecule has 1 aliphatic rings. The van der Waals surface area contributed by atoms with E-state index < -0.39 is 11.8 Å². The summed E-state index contributed by atoms with van der Waals surface area (Å²) in [5.74, 6) is -0.857. The fourth-order valence-corrected chi connectivity index (χ4v) is 2.15. The molecule has 1 N–H and O–H groups in total. The normalized spacial score (nSPS) is 14.9. The van der Waals surface area contributed by atoms with Crippen molar-refractivity contribution in [2.75, 3.05) is 32.7 Å². The van der Waals surface area contributed by atoms with Gasteiger partial charge in [-0.25, -0.2) is 0 Å². The van der Waals surface area contributed by atoms with Crippen LogP contribution in [-0.2, 0) is 16.1 Å². The number of piperazine rings is 1. The van der Waals surface area contributed by atoms with Gasteiger partial charge in [-0.1, -0.05) is 6.07 Å². The first-order chi connectivity index (χ1) is 9.72. The van der Waals surface area contributed by atoms with Crippen LogP contribution in [0.2, 0.25) is 0 Å². The maximum atomic E-state index is 12.3. The van der Waals surface area contributed by atoms with Gasteiger partial charge in [0, 0.05) is 38.9 Å². The summed E-state index contributed by atoms with van der Waals surface area (Å²) in [5.41, 5.74) is 0.788. The lowest BCUT2D eigenvalue weighted by Crippen LogP contribution is -2.52. The summed E-state index contributed by atoms with van der Waals surface area (Å²) in [6, 6.07) is 5.55. The van der Waals surface area contributed by atoms with Gasteiger partial charge < -0.3 is 15.1 Å². The van der Waals surface area contributed by atoms with E-state index in [1.54, 1.807) is 11.1 Å². The van der Waals surface area contributed by atoms with E-state index in [0.717, 1.165) is 18.8 Å². The van der Waals surface area contributed by atoms with Crippen molar-refractivity contribution in [3.63, 3.8) is 0 Å². The van der Waals surface area contributed by atoms with E-state index in [0.29, 0.717) is 26.2 Å². The van der Waals surface area contributed by atoms with Gasteiger partial charge in [0.2, 0.25) is 0 Å². The van der Waals surface area contributed by atoms with Crippen LogP contribution in [0.4, 0.5) is 0 Å².